The van der Waals surface area contributed by atoms with E-state index in [9.17, 15) is 9.59 Å². The number of furan rings is 1. The third kappa shape index (κ3) is 5.88. The van der Waals surface area contributed by atoms with E-state index in [0.717, 1.165) is 11.5 Å². The smallest absolute Gasteiger partial charge is 0.233 e. The Morgan fingerprint density at radius 2 is 1.91 bits per heavy atom. The van der Waals surface area contributed by atoms with E-state index < -0.39 is 5.91 Å². The monoisotopic (exact) mass is 372 g/mol. The number of carbonyl (C=O) groups is 2. The van der Waals surface area contributed by atoms with Crippen LogP contribution >= 0.6 is 34.9 Å². The highest BCUT2D eigenvalue weighted by atomic mass is 32.2. The summed E-state index contributed by atoms with van der Waals surface area (Å²) in [7, 11) is 1.73. The standard InChI is InChI=1S/C13H16N4O3S3/c1-8-3-4-9(20-8)5-17(2)11(19)7-22-13-16-15-12(23-13)21-6-10(14)18/h3-4H,5-7H2,1-2H3,(H2,14,18). The Morgan fingerprint density at radius 1 is 1.26 bits per heavy atom. The molecule has 0 saturated heterocycles. The van der Waals surface area contributed by atoms with Crippen molar-refractivity contribution in [2.45, 2.75) is 22.1 Å². The second kappa shape index (κ2) is 8.37. The van der Waals surface area contributed by atoms with E-state index in [-0.39, 0.29) is 17.4 Å². The van der Waals surface area contributed by atoms with Gasteiger partial charge in [-0.15, -0.1) is 10.2 Å². The van der Waals surface area contributed by atoms with Gasteiger partial charge in [0, 0.05) is 7.05 Å². The maximum absolute atomic E-state index is 12.1. The van der Waals surface area contributed by atoms with Crippen molar-refractivity contribution in [1.82, 2.24) is 15.1 Å². The second-order valence-electron chi connectivity index (χ2n) is 4.64. The summed E-state index contributed by atoms with van der Waals surface area (Å²) in [6.45, 7) is 2.30. The minimum absolute atomic E-state index is 0.0226. The van der Waals surface area contributed by atoms with Crippen LogP contribution in [0.25, 0.3) is 0 Å². The molecule has 0 aliphatic carbocycles. The molecule has 0 saturated carbocycles. The Labute approximate surface area is 146 Å². The van der Waals surface area contributed by atoms with Gasteiger partial charge in [-0.1, -0.05) is 34.9 Å². The molecule has 2 aromatic heterocycles. The Hall–Kier alpha value is -1.52. The zero-order chi connectivity index (χ0) is 16.8. The average Bonchev–Trinajstić information content (AvgIpc) is 3.11. The maximum atomic E-state index is 12.1. The fourth-order valence-electron chi connectivity index (χ4n) is 1.57. The van der Waals surface area contributed by atoms with E-state index in [1.165, 1.54) is 34.9 Å². The van der Waals surface area contributed by atoms with Crippen LogP contribution in [0.15, 0.2) is 25.2 Å². The normalized spacial score (nSPS) is 10.7. The third-order valence-corrected chi connectivity index (χ3v) is 5.86. The SMILES string of the molecule is Cc1ccc(CN(C)C(=O)CSc2nnc(SCC(N)=O)s2)o1. The molecule has 2 N–H and O–H groups in total. The minimum atomic E-state index is -0.399. The van der Waals surface area contributed by atoms with Gasteiger partial charge >= 0.3 is 0 Å². The molecule has 2 rings (SSSR count). The van der Waals surface area contributed by atoms with Crippen molar-refractivity contribution in [2.24, 2.45) is 5.73 Å². The van der Waals surface area contributed by atoms with Crippen LogP contribution in [0, 0.1) is 6.92 Å². The Kier molecular flexibility index (Phi) is 6.48. The highest BCUT2D eigenvalue weighted by Gasteiger charge is 2.14. The minimum Gasteiger partial charge on any atom is -0.464 e. The molecule has 10 heteroatoms. The highest BCUT2D eigenvalue weighted by molar-refractivity contribution is 8.03. The first-order chi connectivity index (χ1) is 10.9. The zero-order valence-corrected chi connectivity index (χ0v) is 15.1. The van der Waals surface area contributed by atoms with Gasteiger partial charge < -0.3 is 15.1 Å². The average molecular weight is 372 g/mol. The summed E-state index contributed by atoms with van der Waals surface area (Å²) in [6.07, 6.45) is 0. The van der Waals surface area contributed by atoms with Crippen LogP contribution in [0.2, 0.25) is 0 Å². The fourth-order valence-corrected chi connectivity index (χ4v) is 4.27. The topological polar surface area (TPSA) is 102 Å². The van der Waals surface area contributed by atoms with E-state index in [0.29, 0.717) is 15.2 Å². The molecule has 124 valence electrons. The molecule has 0 aromatic carbocycles. The molecule has 2 aromatic rings. The third-order valence-electron chi connectivity index (χ3n) is 2.66. The highest BCUT2D eigenvalue weighted by Crippen LogP contribution is 2.28. The van der Waals surface area contributed by atoms with Gasteiger partial charge in [-0.05, 0) is 19.1 Å². The van der Waals surface area contributed by atoms with E-state index in [2.05, 4.69) is 10.2 Å². The van der Waals surface area contributed by atoms with Crippen LogP contribution in [0.3, 0.4) is 0 Å². The van der Waals surface area contributed by atoms with Crippen LogP contribution < -0.4 is 5.73 Å². The van der Waals surface area contributed by atoms with Crippen molar-refractivity contribution in [3.63, 3.8) is 0 Å². The summed E-state index contributed by atoms with van der Waals surface area (Å²) >= 11 is 3.91. The largest absolute Gasteiger partial charge is 0.464 e. The van der Waals surface area contributed by atoms with Crippen LogP contribution in [-0.4, -0.2) is 45.5 Å². The lowest BCUT2D eigenvalue weighted by molar-refractivity contribution is -0.127. The summed E-state index contributed by atoms with van der Waals surface area (Å²) in [6, 6.07) is 3.73. The molecule has 23 heavy (non-hydrogen) atoms. The number of hydrogen-bond donors (Lipinski definition) is 1. The maximum Gasteiger partial charge on any atom is 0.233 e. The molecular weight excluding hydrogens is 356 g/mol. The quantitative estimate of drug-likeness (QED) is 0.704. The van der Waals surface area contributed by atoms with Gasteiger partial charge in [-0.25, -0.2) is 0 Å². The van der Waals surface area contributed by atoms with Gasteiger partial charge in [0.1, 0.15) is 11.5 Å². The second-order valence-corrected chi connectivity index (χ2v) is 8.06. The summed E-state index contributed by atoms with van der Waals surface area (Å²) in [5, 5.41) is 7.93. The summed E-state index contributed by atoms with van der Waals surface area (Å²) < 4.78 is 6.81. The van der Waals surface area contributed by atoms with Crippen LogP contribution in [0.1, 0.15) is 11.5 Å². The van der Waals surface area contributed by atoms with Crippen molar-refractivity contribution >= 4 is 46.7 Å². The fraction of sp³-hybridized carbons (Fsp3) is 0.385. The predicted molar refractivity (Wildman–Crippen MR) is 90.5 cm³/mol. The van der Waals surface area contributed by atoms with Gasteiger partial charge in [-0.2, -0.15) is 0 Å². The summed E-state index contributed by atoms with van der Waals surface area (Å²) in [5.41, 5.74) is 5.08. The number of nitrogens with two attached hydrogens (primary N) is 1. The first-order valence-electron chi connectivity index (χ1n) is 6.60. The molecule has 0 aliphatic rings. The Bertz CT molecular complexity index is 686. The molecule has 7 nitrogen and oxygen atoms in total. The number of aromatic nitrogens is 2. The predicted octanol–water partition coefficient (Wildman–Crippen LogP) is 1.77. The van der Waals surface area contributed by atoms with Gasteiger partial charge in [0.2, 0.25) is 11.8 Å². The van der Waals surface area contributed by atoms with Crippen LogP contribution in [0.4, 0.5) is 0 Å². The number of carbonyl (C=O) groups excluding carboxylic acids is 2. The number of thioether (sulfide) groups is 2. The first-order valence-corrected chi connectivity index (χ1v) is 9.39. The van der Waals surface area contributed by atoms with Crippen molar-refractivity contribution < 1.29 is 14.0 Å². The Balaban J connectivity index is 1.78. The van der Waals surface area contributed by atoms with Gasteiger partial charge in [0.15, 0.2) is 8.68 Å². The van der Waals surface area contributed by atoms with E-state index in [4.69, 9.17) is 10.2 Å². The van der Waals surface area contributed by atoms with Crippen molar-refractivity contribution in [1.29, 1.82) is 0 Å². The lowest BCUT2D eigenvalue weighted by Gasteiger charge is -2.14. The van der Waals surface area contributed by atoms with E-state index in [1.54, 1.807) is 11.9 Å². The lowest BCUT2D eigenvalue weighted by atomic mass is 10.4. The van der Waals surface area contributed by atoms with Crippen LogP contribution in [-0.2, 0) is 16.1 Å². The molecular formula is C13H16N4O3S3. The summed E-state index contributed by atoms with van der Waals surface area (Å²) in [5.74, 6) is 1.60. The number of nitrogens with zero attached hydrogens (tertiary/aromatic N) is 3. The molecule has 0 aliphatic heterocycles. The number of primary amides is 1. The lowest BCUT2D eigenvalue weighted by Crippen LogP contribution is -2.27. The van der Waals surface area contributed by atoms with Gasteiger partial charge in [0.05, 0.1) is 18.1 Å². The molecule has 0 unspecified atom stereocenters. The molecule has 0 atom stereocenters. The molecule has 2 amide bonds. The first kappa shape index (κ1) is 17.8. The number of aryl methyl sites for hydroxylation is 1. The van der Waals surface area contributed by atoms with Gasteiger partial charge in [0.25, 0.3) is 0 Å². The van der Waals surface area contributed by atoms with Crippen molar-refractivity contribution in [3.8, 4) is 0 Å². The Morgan fingerprint density at radius 3 is 2.48 bits per heavy atom. The van der Waals surface area contributed by atoms with Crippen molar-refractivity contribution in [3.05, 3.63) is 23.7 Å². The number of amides is 2. The number of rotatable bonds is 8. The van der Waals surface area contributed by atoms with Gasteiger partial charge in [-0.3, -0.25) is 9.59 Å². The summed E-state index contributed by atoms with van der Waals surface area (Å²) in [4.78, 5) is 24.4. The number of hydrogen-bond acceptors (Lipinski definition) is 8. The van der Waals surface area contributed by atoms with E-state index >= 15 is 0 Å². The van der Waals surface area contributed by atoms with Crippen molar-refractivity contribution in [2.75, 3.05) is 18.6 Å². The molecule has 2 heterocycles. The van der Waals surface area contributed by atoms with E-state index in [1.807, 2.05) is 19.1 Å². The van der Waals surface area contributed by atoms with Crippen LogP contribution in [0.5, 0.6) is 0 Å². The zero-order valence-electron chi connectivity index (χ0n) is 12.6. The molecule has 0 fully saturated rings. The molecule has 0 bridgehead atoms. The molecule has 0 spiro atoms. The molecule has 0 radical (unpaired) electrons.